The number of carbonyl (C=O) groups excluding carboxylic acids is 1. The summed E-state index contributed by atoms with van der Waals surface area (Å²) >= 11 is 0. The van der Waals surface area contributed by atoms with Crippen molar-refractivity contribution in [3.63, 3.8) is 0 Å². The molecule has 1 N–H and O–H groups in total. The summed E-state index contributed by atoms with van der Waals surface area (Å²) < 4.78 is 12.3. The topological polar surface area (TPSA) is 73.6 Å². The molecule has 2 aromatic carbocycles. The molecule has 0 bridgehead atoms. The van der Waals surface area contributed by atoms with Gasteiger partial charge in [0.1, 0.15) is 24.3 Å². The van der Waals surface area contributed by atoms with E-state index in [-0.39, 0.29) is 6.61 Å². The molecule has 3 aromatic rings. The van der Waals surface area contributed by atoms with Crippen LogP contribution in [0.4, 0.5) is 0 Å². The van der Waals surface area contributed by atoms with Crippen LogP contribution in [0.15, 0.2) is 48.5 Å². The highest BCUT2D eigenvalue weighted by molar-refractivity contribution is 5.89. The highest BCUT2D eigenvalue weighted by atomic mass is 16.5. The van der Waals surface area contributed by atoms with Crippen LogP contribution in [0.3, 0.4) is 0 Å². The second-order valence-corrected chi connectivity index (χ2v) is 5.96. The number of methoxy groups -OCH3 is 1. The van der Waals surface area contributed by atoms with Gasteiger partial charge in [-0.2, -0.15) is 0 Å². The second kappa shape index (κ2) is 8.01. The van der Waals surface area contributed by atoms with E-state index in [0.29, 0.717) is 17.9 Å². The van der Waals surface area contributed by atoms with Crippen LogP contribution >= 0.6 is 0 Å². The number of aliphatic hydroxyl groups excluding tert-OH is 1. The van der Waals surface area contributed by atoms with E-state index in [9.17, 15) is 9.90 Å². The minimum absolute atomic E-state index is 0.146. The summed E-state index contributed by atoms with van der Waals surface area (Å²) in [6.45, 7) is 2.60. The van der Waals surface area contributed by atoms with E-state index in [2.05, 4.69) is 9.72 Å². The molecule has 0 saturated heterocycles. The van der Waals surface area contributed by atoms with Crippen LogP contribution in [0.25, 0.3) is 11.0 Å². The minimum Gasteiger partial charge on any atom is -0.491 e. The summed E-state index contributed by atoms with van der Waals surface area (Å²) in [7, 11) is 1.34. The summed E-state index contributed by atoms with van der Waals surface area (Å²) in [6.07, 6.45) is 0.107. The number of imidazole rings is 1. The van der Waals surface area contributed by atoms with E-state index < -0.39 is 12.1 Å². The van der Waals surface area contributed by atoms with Crippen molar-refractivity contribution in [3.8, 4) is 5.75 Å². The lowest BCUT2D eigenvalue weighted by molar-refractivity contribution is 0.0600. The fourth-order valence-corrected chi connectivity index (χ4v) is 2.86. The number of aliphatic hydroxyl groups is 1. The number of carbonyl (C=O) groups is 1. The second-order valence-electron chi connectivity index (χ2n) is 5.96. The molecule has 0 aliphatic carbocycles. The Hall–Kier alpha value is -2.86. The zero-order valence-electron chi connectivity index (χ0n) is 14.9. The zero-order chi connectivity index (χ0) is 18.5. The first-order valence-electron chi connectivity index (χ1n) is 8.55. The van der Waals surface area contributed by atoms with Gasteiger partial charge < -0.3 is 19.1 Å². The molecule has 0 aliphatic rings. The first kappa shape index (κ1) is 17.9. The van der Waals surface area contributed by atoms with Gasteiger partial charge in [-0.1, -0.05) is 19.1 Å². The molecular formula is C20H22N2O4. The Balaban J connectivity index is 1.64. The van der Waals surface area contributed by atoms with Crippen molar-refractivity contribution >= 4 is 17.0 Å². The predicted octanol–water partition coefficient (Wildman–Crippen LogP) is 2.83. The Kier molecular flexibility index (Phi) is 5.53. The van der Waals surface area contributed by atoms with Crippen LogP contribution in [0.2, 0.25) is 0 Å². The van der Waals surface area contributed by atoms with Crippen LogP contribution in [0.1, 0.15) is 23.1 Å². The monoisotopic (exact) mass is 354 g/mol. The van der Waals surface area contributed by atoms with Gasteiger partial charge in [0.15, 0.2) is 0 Å². The summed E-state index contributed by atoms with van der Waals surface area (Å²) in [5.41, 5.74) is 2.39. The Morgan fingerprint density at radius 2 is 1.92 bits per heavy atom. The number of hydrogen-bond donors (Lipinski definition) is 1. The fraction of sp³-hybridized carbons (Fsp3) is 0.300. The third-order valence-corrected chi connectivity index (χ3v) is 4.16. The standard InChI is InChI=1S/C20H22N2O4/c1-3-19-21-17-6-4-5-7-18(17)22(19)12-15(23)13-26-16-10-8-14(9-11-16)20(24)25-2/h4-11,15,23H,3,12-13H2,1-2H3/t15-/m0/s1. The van der Waals surface area contributed by atoms with Crippen molar-refractivity contribution in [1.29, 1.82) is 0 Å². The van der Waals surface area contributed by atoms with E-state index in [4.69, 9.17) is 4.74 Å². The Labute approximate surface area is 152 Å². The number of aromatic nitrogens is 2. The normalized spacial score (nSPS) is 12.1. The molecule has 0 unspecified atom stereocenters. The molecule has 6 heteroatoms. The lowest BCUT2D eigenvalue weighted by atomic mass is 10.2. The van der Waals surface area contributed by atoms with Crippen molar-refractivity contribution in [2.24, 2.45) is 0 Å². The van der Waals surface area contributed by atoms with Gasteiger partial charge in [-0.3, -0.25) is 0 Å². The summed E-state index contributed by atoms with van der Waals surface area (Å²) in [6, 6.07) is 14.5. The van der Waals surface area contributed by atoms with Gasteiger partial charge in [-0.15, -0.1) is 0 Å². The summed E-state index contributed by atoms with van der Waals surface area (Å²) in [5.74, 6) is 1.13. The first-order chi connectivity index (χ1) is 12.6. The molecule has 0 radical (unpaired) electrons. The number of esters is 1. The van der Waals surface area contributed by atoms with E-state index in [1.54, 1.807) is 24.3 Å². The molecule has 26 heavy (non-hydrogen) atoms. The van der Waals surface area contributed by atoms with Gasteiger partial charge in [0, 0.05) is 6.42 Å². The number of fused-ring (bicyclic) bond motifs is 1. The maximum atomic E-state index is 11.4. The number of benzene rings is 2. The number of ether oxygens (including phenoxy) is 2. The first-order valence-corrected chi connectivity index (χ1v) is 8.55. The lowest BCUT2D eigenvalue weighted by Gasteiger charge is -2.15. The molecule has 0 saturated carbocycles. The largest absolute Gasteiger partial charge is 0.491 e. The van der Waals surface area contributed by atoms with E-state index >= 15 is 0 Å². The summed E-state index contributed by atoms with van der Waals surface area (Å²) in [5, 5.41) is 10.4. The Bertz CT molecular complexity index is 886. The third kappa shape index (κ3) is 3.86. The van der Waals surface area contributed by atoms with Crippen molar-refractivity contribution < 1.29 is 19.4 Å². The number of para-hydroxylation sites is 2. The van der Waals surface area contributed by atoms with Gasteiger partial charge in [-0.25, -0.2) is 9.78 Å². The highest BCUT2D eigenvalue weighted by Gasteiger charge is 2.14. The van der Waals surface area contributed by atoms with Crippen LogP contribution in [-0.2, 0) is 17.7 Å². The van der Waals surface area contributed by atoms with Crippen molar-refractivity contribution in [2.45, 2.75) is 26.0 Å². The zero-order valence-corrected chi connectivity index (χ0v) is 14.9. The van der Waals surface area contributed by atoms with Gasteiger partial charge in [0.05, 0.1) is 30.3 Å². The summed E-state index contributed by atoms with van der Waals surface area (Å²) in [4.78, 5) is 16.0. The number of nitrogens with zero attached hydrogens (tertiary/aromatic N) is 2. The molecule has 3 rings (SSSR count). The average Bonchev–Trinajstić information content (AvgIpc) is 3.04. The maximum absolute atomic E-state index is 11.4. The van der Waals surface area contributed by atoms with Crippen LogP contribution in [0, 0.1) is 0 Å². The Morgan fingerprint density at radius 3 is 2.62 bits per heavy atom. The third-order valence-electron chi connectivity index (χ3n) is 4.16. The van der Waals surface area contributed by atoms with Crippen LogP contribution in [-0.4, -0.2) is 40.4 Å². The van der Waals surface area contributed by atoms with Gasteiger partial charge in [-0.05, 0) is 36.4 Å². The lowest BCUT2D eigenvalue weighted by Crippen LogP contribution is -2.24. The van der Waals surface area contributed by atoms with Gasteiger partial charge >= 0.3 is 5.97 Å². The van der Waals surface area contributed by atoms with Crippen molar-refractivity contribution in [3.05, 3.63) is 59.9 Å². The highest BCUT2D eigenvalue weighted by Crippen LogP contribution is 2.18. The number of aryl methyl sites for hydroxylation is 1. The SMILES string of the molecule is CCc1nc2ccccc2n1C[C@H](O)COc1ccc(C(=O)OC)cc1. The molecular weight excluding hydrogens is 332 g/mol. The van der Waals surface area contributed by atoms with Gasteiger partial charge in [0.2, 0.25) is 0 Å². The Morgan fingerprint density at radius 1 is 1.19 bits per heavy atom. The average molecular weight is 354 g/mol. The minimum atomic E-state index is -0.682. The van der Waals surface area contributed by atoms with E-state index in [1.807, 2.05) is 35.8 Å². The van der Waals surface area contributed by atoms with E-state index in [0.717, 1.165) is 23.3 Å². The van der Waals surface area contributed by atoms with Crippen LogP contribution in [0.5, 0.6) is 5.75 Å². The van der Waals surface area contributed by atoms with Crippen molar-refractivity contribution in [1.82, 2.24) is 9.55 Å². The molecule has 6 nitrogen and oxygen atoms in total. The molecule has 0 fully saturated rings. The fourth-order valence-electron chi connectivity index (χ4n) is 2.86. The number of hydrogen-bond acceptors (Lipinski definition) is 5. The number of rotatable bonds is 7. The quantitative estimate of drug-likeness (QED) is 0.661. The molecule has 1 heterocycles. The molecule has 0 amide bonds. The molecule has 1 aromatic heterocycles. The smallest absolute Gasteiger partial charge is 0.337 e. The van der Waals surface area contributed by atoms with Crippen molar-refractivity contribution in [2.75, 3.05) is 13.7 Å². The predicted molar refractivity (Wildman–Crippen MR) is 98.4 cm³/mol. The molecule has 0 aliphatic heterocycles. The maximum Gasteiger partial charge on any atom is 0.337 e. The van der Waals surface area contributed by atoms with Gasteiger partial charge in [0.25, 0.3) is 0 Å². The van der Waals surface area contributed by atoms with Crippen LogP contribution < -0.4 is 4.74 Å². The molecule has 0 spiro atoms. The molecule has 1 atom stereocenters. The van der Waals surface area contributed by atoms with E-state index in [1.165, 1.54) is 7.11 Å². The molecule has 136 valence electrons.